The molecule has 0 radical (unpaired) electrons. The molecule has 0 bridgehead atoms. The van der Waals surface area contributed by atoms with E-state index in [4.69, 9.17) is 0 Å². The molecular weight excluding hydrogens is 212 g/mol. The highest BCUT2D eigenvalue weighted by Gasteiger charge is 2.29. The molecule has 0 aliphatic carbocycles. The third-order valence-electron chi connectivity index (χ3n) is 3.40. The fourth-order valence-electron chi connectivity index (χ4n) is 2.51. The van der Waals surface area contributed by atoms with Gasteiger partial charge in [0.1, 0.15) is 0 Å². The van der Waals surface area contributed by atoms with E-state index in [0.717, 1.165) is 26.1 Å². The van der Waals surface area contributed by atoms with Crippen molar-refractivity contribution in [1.82, 2.24) is 10.2 Å². The molecule has 3 nitrogen and oxygen atoms in total. The lowest BCUT2D eigenvalue weighted by Gasteiger charge is -2.22. The second-order valence-corrected chi connectivity index (χ2v) is 5.83. The molecule has 0 aromatic carbocycles. The van der Waals surface area contributed by atoms with Crippen LogP contribution in [0, 0.1) is 11.8 Å². The van der Waals surface area contributed by atoms with Gasteiger partial charge in [-0.05, 0) is 24.8 Å². The van der Waals surface area contributed by atoms with Crippen molar-refractivity contribution < 1.29 is 4.79 Å². The SMILES string of the molecule is CCCC1CC(=O)N(CC(C)CNC(C)C)C1. The number of hydrogen-bond donors (Lipinski definition) is 1. The summed E-state index contributed by atoms with van der Waals surface area (Å²) >= 11 is 0. The minimum absolute atomic E-state index is 0.361. The second-order valence-electron chi connectivity index (χ2n) is 5.83. The lowest BCUT2D eigenvalue weighted by Crippen LogP contribution is -2.36. The number of hydrogen-bond acceptors (Lipinski definition) is 2. The lowest BCUT2D eigenvalue weighted by atomic mass is 10.0. The van der Waals surface area contributed by atoms with Crippen LogP contribution in [0.15, 0.2) is 0 Å². The van der Waals surface area contributed by atoms with E-state index >= 15 is 0 Å². The fraction of sp³-hybridized carbons (Fsp3) is 0.929. The summed E-state index contributed by atoms with van der Waals surface area (Å²) in [6.45, 7) is 11.6. The zero-order valence-electron chi connectivity index (χ0n) is 11.8. The molecule has 2 unspecified atom stereocenters. The number of nitrogens with zero attached hydrogens (tertiary/aromatic N) is 1. The van der Waals surface area contributed by atoms with Crippen LogP contribution in [0.1, 0.15) is 47.0 Å². The molecular formula is C14H28N2O. The van der Waals surface area contributed by atoms with Gasteiger partial charge in [0.05, 0.1) is 0 Å². The van der Waals surface area contributed by atoms with Gasteiger partial charge in [-0.25, -0.2) is 0 Å². The van der Waals surface area contributed by atoms with Gasteiger partial charge >= 0.3 is 0 Å². The van der Waals surface area contributed by atoms with E-state index in [9.17, 15) is 4.79 Å². The molecule has 1 aliphatic rings. The zero-order chi connectivity index (χ0) is 12.8. The first-order valence-corrected chi connectivity index (χ1v) is 7.04. The van der Waals surface area contributed by atoms with Crippen LogP contribution in [0.2, 0.25) is 0 Å². The summed E-state index contributed by atoms with van der Waals surface area (Å²) in [7, 11) is 0. The van der Waals surface area contributed by atoms with Crippen LogP contribution in [0.25, 0.3) is 0 Å². The van der Waals surface area contributed by atoms with Crippen LogP contribution in [0.4, 0.5) is 0 Å². The van der Waals surface area contributed by atoms with Gasteiger partial charge < -0.3 is 10.2 Å². The van der Waals surface area contributed by atoms with Crippen LogP contribution in [-0.4, -0.2) is 36.5 Å². The summed E-state index contributed by atoms with van der Waals surface area (Å²) in [4.78, 5) is 13.9. The molecule has 1 saturated heterocycles. The van der Waals surface area contributed by atoms with Gasteiger partial charge in [-0.1, -0.05) is 34.1 Å². The Morgan fingerprint density at radius 1 is 1.41 bits per heavy atom. The molecule has 17 heavy (non-hydrogen) atoms. The summed E-state index contributed by atoms with van der Waals surface area (Å²) in [5.74, 6) is 1.51. The lowest BCUT2D eigenvalue weighted by molar-refractivity contribution is -0.128. The number of carbonyl (C=O) groups is 1. The molecule has 1 rings (SSSR count). The molecule has 0 saturated carbocycles. The molecule has 1 amide bonds. The van der Waals surface area contributed by atoms with Crippen LogP contribution in [0.3, 0.4) is 0 Å². The molecule has 0 spiro atoms. The van der Waals surface area contributed by atoms with E-state index in [0.29, 0.717) is 23.8 Å². The van der Waals surface area contributed by atoms with Crippen molar-refractivity contribution in [2.24, 2.45) is 11.8 Å². The van der Waals surface area contributed by atoms with Crippen molar-refractivity contribution in [2.45, 2.75) is 53.0 Å². The maximum Gasteiger partial charge on any atom is 0.222 e. The second kappa shape index (κ2) is 7.00. The molecule has 100 valence electrons. The Hall–Kier alpha value is -0.570. The van der Waals surface area contributed by atoms with Crippen LogP contribution in [0.5, 0.6) is 0 Å². The Morgan fingerprint density at radius 2 is 2.12 bits per heavy atom. The van der Waals surface area contributed by atoms with E-state index in [-0.39, 0.29) is 0 Å². The summed E-state index contributed by atoms with van der Waals surface area (Å²) in [6, 6.07) is 0.527. The highest BCUT2D eigenvalue weighted by atomic mass is 16.2. The highest BCUT2D eigenvalue weighted by Crippen LogP contribution is 2.22. The number of nitrogens with one attached hydrogen (secondary N) is 1. The van der Waals surface area contributed by atoms with Crippen molar-refractivity contribution in [3.8, 4) is 0 Å². The van der Waals surface area contributed by atoms with Crippen LogP contribution in [-0.2, 0) is 4.79 Å². The van der Waals surface area contributed by atoms with Crippen molar-refractivity contribution >= 4 is 5.91 Å². The first-order chi connectivity index (χ1) is 8.02. The largest absolute Gasteiger partial charge is 0.342 e. The summed E-state index contributed by atoms with van der Waals surface area (Å²) in [5.41, 5.74) is 0. The monoisotopic (exact) mass is 240 g/mol. The van der Waals surface area contributed by atoms with E-state index in [1.165, 1.54) is 12.8 Å². The van der Waals surface area contributed by atoms with Gasteiger partial charge in [0.25, 0.3) is 0 Å². The summed E-state index contributed by atoms with van der Waals surface area (Å²) in [6.07, 6.45) is 3.16. The predicted molar refractivity (Wildman–Crippen MR) is 71.9 cm³/mol. The third kappa shape index (κ3) is 5.07. The Morgan fingerprint density at radius 3 is 2.71 bits per heavy atom. The minimum Gasteiger partial charge on any atom is -0.342 e. The predicted octanol–water partition coefficient (Wildman–Crippen LogP) is 2.27. The van der Waals surface area contributed by atoms with Gasteiger partial charge in [0.15, 0.2) is 0 Å². The van der Waals surface area contributed by atoms with Crippen molar-refractivity contribution in [1.29, 1.82) is 0 Å². The smallest absolute Gasteiger partial charge is 0.222 e. The third-order valence-corrected chi connectivity index (χ3v) is 3.40. The van der Waals surface area contributed by atoms with Gasteiger partial charge in [-0.2, -0.15) is 0 Å². The Kier molecular flexibility index (Phi) is 5.96. The number of likely N-dealkylation sites (tertiary alicyclic amines) is 1. The van der Waals surface area contributed by atoms with Crippen molar-refractivity contribution in [3.63, 3.8) is 0 Å². The first kappa shape index (κ1) is 14.5. The molecule has 2 atom stereocenters. The van der Waals surface area contributed by atoms with Crippen LogP contribution >= 0.6 is 0 Å². The van der Waals surface area contributed by atoms with Crippen molar-refractivity contribution in [2.75, 3.05) is 19.6 Å². The van der Waals surface area contributed by atoms with Crippen LogP contribution < -0.4 is 5.32 Å². The molecule has 1 heterocycles. The molecule has 0 aromatic rings. The van der Waals surface area contributed by atoms with Gasteiger partial charge in [-0.15, -0.1) is 0 Å². The average molecular weight is 240 g/mol. The Bertz CT molecular complexity index is 240. The van der Waals surface area contributed by atoms with Gasteiger partial charge in [0.2, 0.25) is 5.91 Å². The van der Waals surface area contributed by atoms with E-state index in [1.807, 2.05) is 0 Å². The standard InChI is InChI=1S/C14H28N2O/c1-5-6-13-7-14(17)16(10-13)9-12(4)8-15-11(2)3/h11-13,15H,5-10H2,1-4H3. The van der Waals surface area contributed by atoms with Gasteiger partial charge in [-0.3, -0.25) is 4.79 Å². The zero-order valence-corrected chi connectivity index (χ0v) is 11.8. The average Bonchev–Trinajstić information content (AvgIpc) is 2.57. The molecule has 1 aliphatic heterocycles. The topological polar surface area (TPSA) is 32.3 Å². The maximum absolute atomic E-state index is 11.8. The fourth-order valence-corrected chi connectivity index (χ4v) is 2.51. The normalized spacial score (nSPS) is 22.5. The maximum atomic E-state index is 11.8. The minimum atomic E-state index is 0.361. The molecule has 1 N–H and O–H groups in total. The van der Waals surface area contributed by atoms with E-state index < -0.39 is 0 Å². The first-order valence-electron chi connectivity index (χ1n) is 7.04. The van der Waals surface area contributed by atoms with E-state index in [2.05, 4.69) is 37.9 Å². The number of carbonyl (C=O) groups excluding carboxylic acids is 1. The molecule has 3 heteroatoms. The number of amides is 1. The van der Waals surface area contributed by atoms with E-state index in [1.54, 1.807) is 0 Å². The summed E-state index contributed by atoms with van der Waals surface area (Å²) in [5, 5.41) is 3.43. The molecule has 1 fully saturated rings. The van der Waals surface area contributed by atoms with Crippen molar-refractivity contribution in [3.05, 3.63) is 0 Å². The highest BCUT2D eigenvalue weighted by molar-refractivity contribution is 5.78. The number of rotatable bonds is 7. The quantitative estimate of drug-likeness (QED) is 0.740. The Labute approximate surface area is 106 Å². The summed E-state index contributed by atoms with van der Waals surface area (Å²) < 4.78 is 0. The Balaban J connectivity index is 2.29. The van der Waals surface area contributed by atoms with Gasteiger partial charge in [0, 0.05) is 25.6 Å². The molecule has 0 aromatic heterocycles.